The first-order chi connectivity index (χ1) is 15.2. The summed E-state index contributed by atoms with van der Waals surface area (Å²) in [7, 11) is 0. The summed E-state index contributed by atoms with van der Waals surface area (Å²) >= 11 is 0. The maximum absolute atomic E-state index is 12.9. The van der Waals surface area contributed by atoms with Gasteiger partial charge in [0, 0.05) is 49.8 Å². The number of carbonyl (C=O) groups is 3. The average molecular weight is 441 g/mol. The fraction of sp³-hybridized carbons (Fsp3) is 0.458. The Labute approximate surface area is 188 Å². The Balaban J connectivity index is 1.46. The number of carbonyl (C=O) groups excluding carboxylic acids is 3. The molecule has 0 aliphatic carbocycles. The molecule has 8 heteroatoms. The van der Waals surface area contributed by atoms with Gasteiger partial charge in [-0.25, -0.2) is 4.79 Å². The molecule has 2 heterocycles. The molecule has 2 aromatic rings. The highest BCUT2D eigenvalue weighted by Gasteiger charge is 2.28. The third-order valence-electron chi connectivity index (χ3n) is 5.19. The number of amides is 3. The first kappa shape index (κ1) is 23.4. The monoisotopic (exact) mass is 440 g/mol. The molecule has 1 aromatic heterocycles. The average Bonchev–Trinajstić information content (AvgIpc) is 3.30. The van der Waals surface area contributed by atoms with E-state index in [1.807, 2.05) is 53.4 Å². The van der Waals surface area contributed by atoms with Crippen LogP contribution in [-0.2, 0) is 9.53 Å². The van der Waals surface area contributed by atoms with Crippen molar-refractivity contribution in [1.29, 1.82) is 0 Å². The highest BCUT2D eigenvalue weighted by molar-refractivity contribution is 5.95. The smallest absolute Gasteiger partial charge is 0.407 e. The number of benzene rings is 1. The molecular formula is C24H32N4O4. The van der Waals surface area contributed by atoms with Crippen molar-refractivity contribution in [2.24, 2.45) is 5.92 Å². The van der Waals surface area contributed by atoms with Gasteiger partial charge in [-0.1, -0.05) is 0 Å². The molecule has 3 amide bonds. The number of nitrogens with zero attached hydrogens (tertiary/aromatic N) is 2. The number of aromatic nitrogens is 1. The first-order valence-electron chi connectivity index (χ1n) is 11.0. The minimum absolute atomic E-state index is 0.0619. The Morgan fingerprint density at radius 2 is 1.69 bits per heavy atom. The fourth-order valence-corrected chi connectivity index (χ4v) is 3.65. The number of ether oxygens (including phenoxy) is 1. The third-order valence-corrected chi connectivity index (χ3v) is 5.19. The largest absolute Gasteiger partial charge is 0.444 e. The van der Waals surface area contributed by atoms with Crippen LogP contribution in [0.3, 0.4) is 0 Å². The summed E-state index contributed by atoms with van der Waals surface area (Å²) in [5.41, 5.74) is 1.04. The van der Waals surface area contributed by atoms with Crippen molar-refractivity contribution in [1.82, 2.24) is 20.1 Å². The first-order valence-corrected chi connectivity index (χ1v) is 11.0. The topological polar surface area (TPSA) is 92.7 Å². The predicted molar refractivity (Wildman–Crippen MR) is 122 cm³/mol. The van der Waals surface area contributed by atoms with Crippen molar-refractivity contribution in [3.63, 3.8) is 0 Å². The minimum atomic E-state index is -0.561. The molecule has 2 N–H and O–H groups in total. The lowest BCUT2D eigenvalue weighted by molar-refractivity contribution is -0.126. The van der Waals surface area contributed by atoms with Crippen LogP contribution in [0.5, 0.6) is 0 Å². The Bertz CT molecular complexity index is 916. The second-order valence-corrected chi connectivity index (χ2v) is 8.95. The summed E-state index contributed by atoms with van der Waals surface area (Å²) in [6.07, 6.45) is 4.91. The van der Waals surface area contributed by atoms with E-state index in [-0.39, 0.29) is 24.3 Å². The van der Waals surface area contributed by atoms with Crippen LogP contribution in [-0.4, -0.2) is 59.2 Å². The number of piperidine rings is 1. The molecule has 172 valence electrons. The molecule has 32 heavy (non-hydrogen) atoms. The van der Waals surface area contributed by atoms with Crippen LogP contribution in [0.2, 0.25) is 0 Å². The van der Waals surface area contributed by atoms with Crippen LogP contribution >= 0.6 is 0 Å². The van der Waals surface area contributed by atoms with E-state index >= 15 is 0 Å². The van der Waals surface area contributed by atoms with Crippen molar-refractivity contribution in [3.8, 4) is 5.69 Å². The lowest BCUT2D eigenvalue weighted by Crippen LogP contribution is -2.46. The summed E-state index contributed by atoms with van der Waals surface area (Å²) in [4.78, 5) is 38.9. The van der Waals surface area contributed by atoms with Gasteiger partial charge in [-0.05, 0) is 70.0 Å². The van der Waals surface area contributed by atoms with Crippen LogP contribution in [0.15, 0.2) is 48.8 Å². The Hall–Kier alpha value is -3.29. The zero-order chi connectivity index (χ0) is 23.1. The highest BCUT2D eigenvalue weighted by atomic mass is 16.6. The minimum Gasteiger partial charge on any atom is -0.444 e. The van der Waals surface area contributed by atoms with E-state index in [2.05, 4.69) is 10.6 Å². The van der Waals surface area contributed by atoms with Crippen molar-refractivity contribution >= 4 is 17.9 Å². The lowest BCUT2D eigenvalue weighted by atomic mass is 9.96. The van der Waals surface area contributed by atoms with Gasteiger partial charge in [0.2, 0.25) is 5.91 Å². The van der Waals surface area contributed by atoms with Crippen molar-refractivity contribution in [3.05, 3.63) is 54.4 Å². The second kappa shape index (κ2) is 10.3. The highest BCUT2D eigenvalue weighted by Crippen LogP contribution is 2.20. The van der Waals surface area contributed by atoms with Gasteiger partial charge in [-0.3, -0.25) is 9.59 Å². The zero-order valence-corrected chi connectivity index (χ0v) is 19.0. The second-order valence-electron chi connectivity index (χ2n) is 8.95. The van der Waals surface area contributed by atoms with Gasteiger partial charge in [0.25, 0.3) is 5.91 Å². The Morgan fingerprint density at radius 1 is 1.03 bits per heavy atom. The molecule has 1 atom stereocenters. The van der Waals surface area contributed by atoms with Crippen LogP contribution in [0.1, 0.15) is 44.0 Å². The van der Waals surface area contributed by atoms with Gasteiger partial charge < -0.3 is 24.8 Å². The molecule has 1 unspecified atom stereocenters. The molecular weight excluding hydrogens is 408 g/mol. The van der Waals surface area contributed by atoms with E-state index in [1.54, 1.807) is 25.7 Å². The van der Waals surface area contributed by atoms with Crippen molar-refractivity contribution in [2.45, 2.75) is 39.2 Å². The van der Waals surface area contributed by atoms with Gasteiger partial charge in [0.1, 0.15) is 5.60 Å². The van der Waals surface area contributed by atoms with Crippen LogP contribution in [0.4, 0.5) is 4.79 Å². The fourth-order valence-electron chi connectivity index (χ4n) is 3.65. The van der Waals surface area contributed by atoms with Crippen LogP contribution < -0.4 is 10.6 Å². The van der Waals surface area contributed by atoms with Gasteiger partial charge in [0.15, 0.2) is 0 Å². The number of hydrogen-bond acceptors (Lipinski definition) is 4. The zero-order valence-electron chi connectivity index (χ0n) is 19.0. The van der Waals surface area contributed by atoms with Gasteiger partial charge in [-0.15, -0.1) is 0 Å². The summed E-state index contributed by atoms with van der Waals surface area (Å²) < 4.78 is 7.14. The molecule has 0 bridgehead atoms. The Morgan fingerprint density at radius 3 is 2.34 bits per heavy atom. The lowest BCUT2D eigenvalue weighted by Gasteiger charge is -2.32. The molecule has 8 nitrogen and oxygen atoms in total. The maximum atomic E-state index is 12.9. The maximum Gasteiger partial charge on any atom is 0.407 e. The van der Waals surface area contributed by atoms with Crippen molar-refractivity contribution in [2.75, 3.05) is 26.2 Å². The Kier molecular flexibility index (Phi) is 7.56. The molecule has 1 fully saturated rings. The van der Waals surface area contributed by atoms with Gasteiger partial charge >= 0.3 is 6.09 Å². The molecule has 1 saturated heterocycles. The molecule has 0 spiro atoms. The molecule has 0 radical (unpaired) electrons. The van der Waals surface area contributed by atoms with E-state index in [9.17, 15) is 14.4 Å². The molecule has 3 rings (SSSR count). The number of rotatable bonds is 6. The van der Waals surface area contributed by atoms with E-state index < -0.39 is 11.7 Å². The van der Waals surface area contributed by atoms with E-state index in [1.165, 1.54) is 0 Å². The summed E-state index contributed by atoms with van der Waals surface area (Å²) in [6.45, 7) is 7.00. The number of alkyl carbamates (subject to hydrolysis) is 1. The van der Waals surface area contributed by atoms with Crippen LogP contribution in [0.25, 0.3) is 5.69 Å². The van der Waals surface area contributed by atoms with E-state index in [0.717, 1.165) is 18.5 Å². The number of hydrogen-bond donors (Lipinski definition) is 2. The molecule has 0 saturated carbocycles. The SMILES string of the molecule is CC(C)(C)OC(=O)NCCNC(=O)C1CCCN(C(=O)c2ccc(-n3cccc3)cc2)C1. The molecule has 1 aliphatic rings. The van der Waals surface area contributed by atoms with Crippen molar-refractivity contribution < 1.29 is 19.1 Å². The van der Waals surface area contributed by atoms with E-state index in [0.29, 0.717) is 25.2 Å². The summed E-state index contributed by atoms with van der Waals surface area (Å²) in [6, 6.07) is 11.4. The molecule has 1 aliphatic heterocycles. The predicted octanol–water partition coefficient (Wildman–Crippen LogP) is 2.97. The number of nitrogens with one attached hydrogen (secondary N) is 2. The standard InChI is InChI=1S/C24H32N4O4/c1-24(2,3)32-23(31)26-13-12-25-21(29)19-7-6-16-28(17-19)22(30)18-8-10-20(11-9-18)27-14-4-5-15-27/h4-5,8-11,14-15,19H,6-7,12-13,16-17H2,1-3H3,(H,25,29)(H,26,31). The summed E-state index contributed by atoms with van der Waals surface area (Å²) in [5, 5.41) is 5.46. The van der Waals surface area contributed by atoms with Gasteiger partial charge in [0.05, 0.1) is 5.92 Å². The molecule has 1 aromatic carbocycles. The number of likely N-dealkylation sites (tertiary alicyclic amines) is 1. The quantitative estimate of drug-likeness (QED) is 0.676. The van der Waals surface area contributed by atoms with Gasteiger partial charge in [-0.2, -0.15) is 0 Å². The van der Waals surface area contributed by atoms with E-state index in [4.69, 9.17) is 4.74 Å². The summed E-state index contributed by atoms with van der Waals surface area (Å²) in [5.74, 6) is -0.419. The third kappa shape index (κ3) is 6.60. The normalized spacial score (nSPS) is 16.3. The van der Waals surface area contributed by atoms with Crippen LogP contribution in [0, 0.1) is 5.92 Å².